The number of halogens is 3. The molecule has 0 saturated heterocycles. The molecule has 0 aliphatic carbocycles. The summed E-state index contributed by atoms with van der Waals surface area (Å²) in [6.07, 6.45) is -2.06. The van der Waals surface area contributed by atoms with Crippen LogP contribution in [0.25, 0.3) is 0 Å². The highest BCUT2D eigenvalue weighted by atomic mass is 32.1. The molecule has 2 atom stereocenters. The van der Waals surface area contributed by atoms with E-state index in [2.05, 4.69) is 0 Å². The Balaban J connectivity index is 2.15. The molecule has 1 aromatic heterocycles. The maximum absolute atomic E-state index is 12.7. The van der Waals surface area contributed by atoms with Gasteiger partial charge in [0.2, 0.25) is 0 Å². The molecule has 2 heterocycles. The average molecular weight is 304 g/mol. The van der Waals surface area contributed by atoms with E-state index < -0.39 is 11.7 Å². The van der Waals surface area contributed by atoms with Crippen molar-refractivity contribution in [3.05, 3.63) is 34.0 Å². The summed E-state index contributed by atoms with van der Waals surface area (Å²) in [4.78, 5) is 2.05. The Morgan fingerprint density at radius 2 is 2.20 bits per heavy atom. The first kappa shape index (κ1) is 15.5. The van der Waals surface area contributed by atoms with E-state index in [1.807, 2.05) is 28.7 Å². The monoisotopic (exact) mass is 304 g/mol. The van der Waals surface area contributed by atoms with Crippen LogP contribution in [0.5, 0.6) is 0 Å². The largest absolute Gasteiger partial charge is 0.412 e. The number of hydrogen-bond acceptors (Lipinski definition) is 3. The number of thiophene rings is 1. The van der Waals surface area contributed by atoms with Gasteiger partial charge in [-0.25, -0.2) is 0 Å². The molecule has 1 aliphatic rings. The van der Waals surface area contributed by atoms with Crippen molar-refractivity contribution < 1.29 is 13.2 Å². The topological polar surface area (TPSA) is 29.3 Å². The van der Waals surface area contributed by atoms with Gasteiger partial charge < -0.3 is 5.73 Å². The molecule has 0 spiro atoms. The van der Waals surface area contributed by atoms with Gasteiger partial charge in [-0.15, -0.1) is 0 Å². The van der Waals surface area contributed by atoms with Crippen LogP contribution in [0, 0.1) is 0 Å². The summed E-state index contributed by atoms with van der Waals surface area (Å²) in [6, 6.07) is 1.94. The summed E-state index contributed by atoms with van der Waals surface area (Å²) < 4.78 is 38.0. The molecule has 112 valence electrons. The van der Waals surface area contributed by atoms with Crippen LogP contribution >= 0.6 is 11.3 Å². The zero-order chi connectivity index (χ0) is 14.8. The molecule has 0 bridgehead atoms. The standard InChI is InChI=1S/C14H19F3N2S/c1-2-12(18)13(10-5-8-20-9-10)19-6-3-11(4-7-19)14(15,16)17/h3,5,8-9,12-13H,2,4,6-7,18H2,1H3. The van der Waals surface area contributed by atoms with E-state index in [4.69, 9.17) is 5.73 Å². The van der Waals surface area contributed by atoms with Crippen LogP contribution in [-0.4, -0.2) is 30.2 Å². The number of rotatable bonds is 4. The highest BCUT2D eigenvalue weighted by molar-refractivity contribution is 7.07. The second-order valence-electron chi connectivity index (χ2n) is 5.05. The molecular formula is C14H19F3N2S. The lowest BCUT2D eigenvalue weighted by molar-refractivity contribution is -0.0965. The molecule has 0 saturated carbocycles. The van der Waals surface area contributed by atoms with Crippen molar-refractivity contribution in [2.24, 2.45) is 5.73 Å². The van der Waals surface area contributed by atoms with E-state index in [1.165, 1.54) is 6.08 Å². The molecule has 6 heteroatoms. The molecule has 2 nitrogen and oxygen atoms in total. The molecular weight excluding hydrogens is 285 g/mol. The summed E-state index contributed by atoms with van der Waals surface area (Å²) >= 11 is 1.59. The zero-order valence-electron chi connectivity index (χ0n) is 11.4. The van der Waals surface area contributed by atoms with Crippen LogP contribution in [0.3, 0.4) is 0 Å². The molecule has 2 N–H and O–H groups in total. The normalized spacial score (nSPS) is 20.6. The summed E-state index contributed by atoms with van der Waals surface area (Å²) in [5, 5.41) is 4.01. The Hall–Kier alpha value is -0.850. The summed E-state index contributed by atoms with van der Waals surface area (Å²) in [6.45, 7) is 2.72. The van der Waals surface area contributed by atoms with E-state index in [9.17, 15) is 13.2 Å². The first-order valence-corrected chi connectivity index (χ1v) is 7.65. The van der Waals surface area contributed by atoms with Crippen molar-refractivity contribution in [2.45, 2.75) is 38.0 Å². The van der Waals surface area contributed by atoms with Crippen LogP contribution in [0.2, 0.25) is 0 Å². The van der Waals surface area contributed by atoms with Gasteiger partial charge in [-0.1, -0.05) is 13.0 Å². The highest BCUT2D eigenvalue weighted by Gasteiger charge is 2.36. The highest BCUT2D eigenvalue weighted by Crippen LogP contribution is 2.34. The van der Waals surface area contributed by atoms with E-state index in [1.54, 1.807) is 11.3 Å². The molecule has 0 fully saturated rings. The summed E-state index contributed by atoms with van der Waals surface area (Å²) in [5.41, 5.74) is 6.87. The van der Waals surface area contributed by atoms with E-state index in [-0.39, 0.29) is 18.5 Å². The van der Waals surface area contributed by atoms with Gasteiger partial charge in [0, 0.05) is 24.7 Å². The third-order valence-electron chi connectivity index (χ3n) is 3.76. The summed E-state index contributed by atoms with van der Waals surface area (Å²) in [7, 11) is 0. The minimum atomic E-state index is -4.20. The Labute approximate surface area is 121 Å². The van der Waals surface area contributed by atoms with Crippen molar-refractivity contribution in [1.82, 2.24) is 4.90 Å². The number of nitrogens with two attached hydrogens (primary N) is 1. The molecule has 0 aromatic carbocycles. The Morgan fingerprint density at radius 3 is 2.65 bits per heavy atom. The molecule has 1 aliphatic heterocycles. The second-order valence-corrected chi connectivity index (χ2v) is 5.83. The minimum Gasteiger partial charge on any atom is -0.326 e. The van der Waals surface area contributed by atoms with Crippen LogP contribution in [0.4, 0.5) is 13.2 Å². The lowest BCUT2D eigenvalue weighted by atomic mass is 9.96. The van der Waals surface area contributed by atoms with Gasteiger partial charge in [0.25, 0.3) is 0 Å². The first-order valence-electron chi connectivity index (χ1n) is 6.71. The SMILES string of the molecule is CCC(N)C(c1ccsc1)N1CC=C(C(F)(F)F)CC1. The predicted molar refractivity (Wildman–Crippen MR) is 75.7 cm³/mol. The first-order chi connectivity index (χ1) is 9.43. The molecule has 2 rings (SSSR count). The van der Waals surface area contributed by atoms with Crippen LogP contribution in [0.15, 0.2) is 28.5 Å². The van der Waals surface area contributed by atoms with Gasteiger partial charge in [0.05, 0.1) is 6.04 Å². The van der Waals surface area contributed by atoms with Gasteiger partial charge in [-0.3, -0.25) is 4.90 Å². The Morgan fingerprint density at radius 1 is 1.45 bits per heavy atom. The van der Waals surface area contributed by atoms with Gasteiger partial charge in [-0.2, -0.15) is 24.5 Å². The molecule has 0 radical (unpaired) electrons. The summed E-state index contributed by atoms with van der Waals surface area (Å²) in [5.74, 6) is 0. The maximum Gasteiger partial charge on any atom is 0.412 e. The number of hydrogen-bond donors (Lipinski definition) is 1. The smallest absolute Gasteiger partial charge is 0.326 e. The number of nitrogens with zero attached hydrogens (tertiary/aromatic N) is 1. The fraction of sp³-hybridized carbons (Fsp3) is 0.571. The van der Waals surface area contributed by atoms with Gasteiger partial charge in [0.15, 0.2) is 0 Å². The number of alkyl halides is 3. The van der Waals surface area contributed by atoms with Crippen LogP contribution in [-0.2, 0) is 0 Å². The second kappa shape index (κ2) is 6.28. The van der Waals surface area contributed by atoms with Crippen LogP contribution in [0.1, 0.15) is 31.4 Å². The molecule has 1 aromatic rings. The van der Waals surface area contributed by atoms with Crippen molar-refractivity contribution >= 4 is 11.3 Å². The average Bonchev–Trinajstić information content (AvgIpc) is 2.92. The van der Waals surface area contributed by atoms with Crippen molar-refractivity contribution in [1.29, 1.82) is 0 Å². The Kier molecular flexibility index (Phi) is 4.88. The maximum atomic E-state index is 12.7. The fourth-order valence-corrected chi connectivity index (χ4v) is 3.28. The van der Waals surface area contributed by atoms with Crippen molar-refractivity contribution in [3.8, 4) is 0 Å². The van der Waals surface area contributed by atoms with Crippen LogP contribution < -0.4 is 5.73 Å². The van der Waals surface area contributed by atoms with Crippen molar-refractivity contribution in [3.63, 3.8) is 0 Å². The molecule has 2 unspecified atom stereocenters. The predicted octanol–water partition coefficient (Wildman–Crippen LogP) is 3.72. The van der Waals surface area contributed by atoms with Gasteiger partial charge in [0.1, 0.15) is 0 Å². The van der Waals surface area contributed by atoms with Gasteiger partial charge >= 0.3 is 6.18 Å². The molecule has 0 amide bonds. The van der Waals surface area contributed by atoms with E-state index in [0.29, 0.717) is 13.1 Å². The quantitative estimate of drug-likeness (QED) is 0.859. The molecule has 20 heavy (non-hydrogen) atoms. The van der Waals surface area contributed by atoms with E-state index in [0.717, 1.165) is 12.0 Å². The fourth-order valence-electron chi connectivity index (χ4n) is 2.59. The van der Waals surface area contributed by atoms with Crippen molar-refractivity contribution in [2.75, 3.05) is 13.1 Å². The lowest BCUT2D eigenvalue weighted by Gasteiger charge is -2.37. The van der Waals surface area contributed by atoms with E-state index >= 15 is 0 Å². The Bertz CT molecular complexity index is 453. The third kappa shape index (κ3) is 3.42. The zero-order valence-corrected chi connectivity index (χ0v) is 12.2. The lowest BCUT2D eigenvalue weighted by Crippen LogP contribution is -2.43. The third-order valence-corrected chi connectivity index (χ3v) is 4.46. The van der Waals surface area contributed by atoms with Gasteiger partial charge in [-0.05, 0) is 35.2 Å². The minimum absolute atomic E-state index is 0.00252.